The van der Waals surface area contributed by atoms with Gasteiger partial charge in [0.2, 0.25) is 5.91 Å². The molecule has 0 aliphatic rings. The van der Waals surface area contributed by atoms with Crippen LogP contribution in [0.25, 0.3) is 0 Å². The Morgan fingerprint density at radius 3 is 2.45 bits per heavy atom. The average molecular weight is 157 g/mol. The molecule has 3 heteroatoms. The van der Waals surface area contributed by atoms with Gasteiger partial charge in [0.1, 0.15) is 6.29 Å². The zero-order chi connectivity index (χ0) is 8.91. The summed E-state index contributed by atoms with van der Waals surface area (Å²) in [6.45, 7) is 5.44. The molecule has 0 aromatic rings. The van der Waals surface area contributed by atoms with Crippen molar-refractivity contribution in [2.45, 2.75) is 39.2 Å². The van der Waals surface area contributed by atoms with Crippen LogP contribution in [0.4, 0.5) is 0 Å². The molecule has 3 nitrogen and oxygen atoms in total. The van der Waals surface area contributed by atoms with Gasteiger partial charge in [-0.25, -0.2) is 0 Å². The molecule has 0 spiro atoms. The lowest BCUT2D eigenvalue weighted by atomic mass is 10.0. The van der Waals surface area contributed by atoms with Crippen LogP contribution in [-0.2, 0) is 9.59 Å². The monoisotopic (exact) mass is 157 g/mol. The SMILES string of the molecule is CCC(=O)NC(C)(C)CC=O. The van der Waals surface area contributed by atoms with Gasteiger partial charge in [-0.3, -0.25) is 4.79 Å². The third kappa shape index (κ3) is 4.53. The van der Waals surface area contributed by atoms with Crippen LogP contribution in [0.2, 0.25) is 0 Å². The molecule has 0 radical (unpaired) electrons. The number of carbonyl (C=O) groups excluding carboxylic acids is 2. The summed E-state index contributed by atoms with van der Waals surface area (Å²) < 4.78 is 0. The third-order valence-electron chi connectivity index (χ3n) is 1.39. The van der Waals surface area contributed by atoms with Crippen molar-refractivity contribution in [1.82, 2.24) is 5.32 Å². The molecule has 0 heterocycles. The fourth-order valence-electron chi connectivity index (χ4n) is 0.725. The Balaban J connectivity index is 3.89. The molecule has 0 rings (SSSR count). The smallest absolute Gasteiger partial charge is 0.220 e. The maximum Gasteiger partial charge on any atom is 0.220 e. The molecule has 64 valence electrons. The Morgan fingerprint density at radius 1 is 1.55 bits per heavy atom. The first-order valence-electron chi connectivity index (χ1n) is 3.76. The second-order valence-electron chi connectivity index (χ2n) is 3.16. The van der Waals surface area contributed by atoms with Crippen LogP contribution in [0.5, 0.6) is 0 Å². The van der Waals surface area contributed by atoms with Gasteiger partial charge in [-0.15, -0.1) is 0 Å². The Kier molecular flexibility index (Phi) is 3.79. The molecule has 0 saturated carbocycles. The van der Waals surface area contributed by atoms with Crippen LogP contribution in [0, 0.1) is 0 Å². The molecule has 11 heavy (non-hydrogen) atoms. The van der Waals surface area contributed by atoms with E-state index < -0.39 is 5.54 Å². The van der Waals surface area contributed by atoms with E-state index in [1.165, 1.54) is 0 Å². The molecule has 0 aliphatic heterocycles. The predicted molar refractivity (Wildman–Crippen MR) is 43.2 cm³/mol. The molecule has 0 atom stereocenters. The Morgan fingerprint density at radius 2 is 2.09 bits per heavy atom. The summed E-state index contributed by atoms with van der Waals surface area (Å²) in [5.41, 5.74) is -0.394. The summed E-state index contributed by atoms with van der Waals surface area (Å²) in [5.74, 6) is -0.0168. The van der Waals surface area contributed by atoms with Crippen LogP contribution in [0.3, 0.4) is 0 Å². The third-order valence-corrected chi connectivity index (χ3v) is 1.39. The van der Waals surface area contributed by atoms with E-state index >= 15 is 0 Å². The highest BCUT2D eigenvalue weighted by Gasteiger charge is 2.18. The van der Waals surface area contributed by atoms with Crippen molar-refractivity contribution in [2.75, 3.05) is 0 Å². The van der Waals surface area contributed by atoms with Crippen molar-refractivity contribution in [1.29, 1.82) is 0 Å². The van der Waals surface area contributed by atoms with Crippen molar-refractivity contribution in [3.8, 4) is 0 Å². The minimum Gasteiger partial charge on any atom is -0.351 e. The number of rotatable bonds is 4. The number of hydrogen-bond donors (Lipinski definition) is 1. The summed E-state index contributed by atoms with van der Waals surface area (Å²) in [6, 6.07) is 0. The van der Waals surface area contributed by atoms with E-state index in [1.54, 1.807) is 6.92 Å². The summed E-state index contributed by atoms with van der Waals surface area (Å²) in [5, 5.41) is 2.74. The standard InChI is InChI=1S/C8H15NO2/c1-4-7(11)9-8(2,3)5-6-10/h6H,4-5H2,1-3H3,(H,9,11). The Bertz CT molecular complexity index is 152. The molecule has 0 fully saturated rings. The second kappa shape index (κ2) is 4.11. The number of carbonyl (C=O) groups is 2. The number of aldehydes is 1. The minimum atomic E-state index is -0.394. The van der Waals surface area contributed by atoms with Gasteiger partial charge in [0.15, 0.2) is 0 Å². The van der Waals surface area contributed by atoms with Gasteiger partial charge in [0.05, 0.1) is 0 Å². The van der Waals surface area contributed by atoms with Gasteiger partial charge in [-0.05, 0) is 13.8 Å². The van der Waals surface area contributed by atoms with Crippen molar-refractivity contribution in [3.63, 3.8) is 0 Å². The maximum atomic E-state index is 10.9. The molecule has 0 bridgehead atoms. The molecule has 0 aliphatic carbocycles. The van der Waals surface area contributed by atoms with Crippen LogP contribution >= 0.6 is 0 Å². The van der Waals surface area contributed by atoms with Gasteiger partial charge in [-0.2, -0.15) is 0 Å². The molecule has 1 amide bonds. The van der Waals surface area contributed by atoms with Crippen molar-refractivity contribution in [2.24, 2.45) is 0 Å². The molecule has 0 aromatic carbocycles. The highest BCUT2D eigenvalue weighted by molar-refractivity contribution is 5.76. The lowest BCUT2D eigenvalue weighted by molar-refractivity contribution is -0.122. The van der Waals surface area contributed by atoms with E-state index in [-0.39, 0.29) is 5.91 Å². The summed E-state index contributed by atoms with van der Waals surface area (Å²) in [4.78, 5) is 21.0. The molecular weight excluding hydrogens is 142 g/mol. The summed E-state index contributed by atoms with van der Waals surface area (Å²) in [6.07, 6.45) is 1.64. The van der Waals surface area contributed by atoms with Gasteiger partial charge in [-0.1, -0.05) is 6.92 Å². The predicted octanol–water partition coefficient (Wildman–Crippen LogP) is 0.880. The topological polar surface area (TPSA) is 46.2 Å². The molecule has 0 unspecified atom stereocenters. The lowest BCUT2D eigenvalue weighted by Gasteiger charge is -2.23. The largest absolute Gasteiger partial charge is 0.351 e. The quantitative estimate of drug-likeness (QED) is 0.616. The van der Waals surface area contributed by atoms with E-state index in [2.05, 4.69) is 5.32 Å². The van der Waals surface area contributed by atoms with Gasteiger partial charge >= 0.3 is 0 Å². The molecule has 0 aromatic heterocycles. The number of nitrogens with one attached hydrogen (secondary N) is 1. The lowest BCUT2D eigenvalue weighted by Crippen LogP contribution is -2.43. The van der Waals surface area contributed by atoms with Crippen LogP contribution < -0.4 is 5.32 Å². The summed E-state index contributed by atoms with van der Waals surface area (Å²) >= 11 is 0. The fourth-order valence-corrected chi connectivity index (χ4v) is 0.725. The van der Waals surface area contributed by atoms with Crippen molar-refractivity contribution >= 4 is 12.2 Å². The zero-order valence-corrected chi connectivity index (χ0v) is 7.31. The average Bonchev–Trinajstić information content (AvgIpc) is 1.86. The Labute approximate surface area is 67.2 Å². The van der Waals surface area contributed by atoms with E-state index in [0.717, 1.165) is 6.29 Å². The van der Waals surface area contributed by atoms with E-state index in [1.807, 2.05) is 13.8 Å². The first kappa shape index (κ1) is 10.1. The van der Waals surface area contributed by atoms with Crippen molar-refractivity contribution < 1.29 is 9.59 Å². The first-order chi connectivity index (χ1) is 5.02. The van der Waals surface area contributed by atoms with E-state index in [9.17, 15) is 9.59 Å². The fraction of sp³-hybridized carbons (Fsp3) is 0.750. The number of amides is 1. The minimum absolute atomic E-state index is 0.0168. The second-order valence-corrected chi connectivity index (χ2v) is 3.16. The Hall–Kier alpha value is -0.860. The van der Waals surface area contributed by atoms with E-state index in [4.69, 9.17) is 0 Å². The molecule has 0 saturated heterocycles. The summed E-state index contributed by atoms with van der Waals surface area (Å²) in [7, 11) is 0. The highest BCUT2D eigenvalue weighted by Crippen LogP contribution is 2.05. The van der Waals surface area contributed by atoms with Crippen LogP contribution in [0.1, 0.15) is 33.6 Å². The molecular formula is C8H15NO2. The normalized spacial score (nSPS) is 10.8. The van der Waals surface area contributed by atoms with E-state index in [0.29, 0.717) is 12.8 Å². The number of hydrogen-bond acceptors (Lipinski definition) is 2. The van der Waals surface area contributed by atoms with Gasteiger partial charge in [0, 0.05) is 18.4 Å². The van der Waals surface area contributed by atoms with Crippen LogP contribution in [-0.4, -0.2) is 17.7 Å². The van der Waals surface area contributed by atoms with Crippen molar-refractivity contribution in [3.05, 3.63) is 0 Å². The zero-order valence-electron chi connectivity index (χ0n) is 7.31. The van der Waals surface area contributed by atoms with Gasteiger partial charge < -0.3 is 10.1 Å². The maximum absolute atomic E-state index is 10.9. The first-order valence-corrected chi connectivity index (χ1v) is 3.76. The molecule has 1 N–H and O–H groups in total. The van der Waals surface area contributed by atoms with Gasteiger partial charge in [0.25, 0.3) is 0 Å². The highest BCUT2D eigenvalue weighted by atomic mass is 16.1. The van der Waals surface area contributed by atoms with Crippen LogP contribution in [0.15, 0.2) is 0 Å².